The highest BCUT2D eigenvalue weighted by molar-refractivity contribution is 7.92. The lowest BCUT2D eigenvalue weighted by molar-refractivity contribution is 0.599. The Morgan fingerprint density at radius 2 is 1.52 bits per heavy atom. The van der Waals surface area contributed by atoms with Gasteiger partial charge in [-0.1, -0.05) is 30.3 Å². The number of hydrogen-bond donors (Lipinski definition) is 1. The first-order valence-electron chi connectivity index (χ1n) is 7.68. The molecular weight excluding hydrogens is 386 g/mol. The van der Waals surface area contributed by atoms with Crippen LogP contribution in [0, 0.1) is 6.92 Å². The largest absolute Gasteiger partial charge is 0.263 e. The number of nitrogens with zero attached hydrogens (tertiary/aromatic N) is 2. The minimum atomic E-state index is -3.87. The van der Waals surface area contributed by atoms with Crippen LogP contribution in [0.2, 0.25) is 0 Å². The molecule has 1 aromatic heterocycles. The Morgan fingerprint density at radius 3 is 2.11 bits per heavy atom. The van der Waals surface area contributed by atoms with Gasteiger partial charge in [0, 0.05) is 18.7 Å². The highest BCUT2D eigenvalue weighted by Crippen LogP contribution is 2.23. The van der Waals surface area contributed by atoms with E-state index in [4.69, 9.17) is 6.92 Å². The van der Waals surface area contributed by atoms with Gasteiger partial charge in [-0.25, -0.2) is 21.8 Å². The summed E-state index contributed by atoms with van der Waals surface area (Å²) in [4.78, 5) is 8.42. The van der Waals surface area contributed by atoms with Gasteiger partial charge in [-0.2, -0.15) is 0 Å². The second kappa shape index (κ2) is 7.09. The van der Waals surface area contributed by atoms with E-state index in [2.05, 4.69) is 14.7 Å². The van der Waals surface area contributed by atoms with Crippen LogP contribution in [-0.4, -0.2) is 33.1 Å². The van der Waals surface area contributed by atoms with E-state index in [1.165, 1.54) is 30.5 Å². The summed E-state index contributed by atoms with van der Waals surface area (Å²) in [6.45, 7) is 5.75. The van der Waals surface area contributed by atoms with Gasteiger partial charge in [0.15, 0.2) is 15.7 Å². The minimum Gasteiger partial charge on any atom is -0.262 e. The zero-order valence-electron chi connectivity index (χ0n) is 14.2. The standard InChI is InChI=1S/C18H15N3O4S2/c1-13-18(21-27(24,25)16-6-4-3-5-7-16)20-17(12-19-13)14-8-10-15(11-9-14)26(2,22)23/h1,3-12H,2H3,(H,20,21). The Bertz CT molecular complexity index is 1180. The maximum atomic E-state index is 12.5. The summed E-state index contributed by atoms with van der Waals surface area (Å²) in [7, 11) is -7.19. The summed E-state index contributed by atoms with van der Waals surface area (Å²) in [5.74, 6) is -0.108. The summed E-state index contributed by atoms with van der Waals surface area (Å²) in [6.07, 6.45) is 2.49. The number of benzene rings is 2. The van der Waals surface area contributed by atoms with Crippen LogP contribution in [-0.2, 0) is 19.9 Å². The van der Waals surface area contributed by atoms with Gasteiger partial charge in [0.05, 0.1) is 27.4 Å². The number of sulfone groups is 1. The molecule has 1 N–H and O–H groups in total. The van der Waals surface area contributed by atoms with E-state index in [0.29, 0.717) is 11.3 Å². The van der Waals surface area contributed by atoms with Crippen molar-refractivity contribution >= 4 is 25.7 Å². The summed E-state index contributed by atoms with van der Waals surface area (Å²) in [6, 6.07) is 13.8. The molecule has 2 radical (unpaired) electrons. The number of rotatable bonds is 5. The molecule has 0 amide bonds. The zero-order valence-corrected chi connectivity index (χ0v) is 15.8. The topological polar surface area (TPSA) is 106 Å². The van der Waals surface area contributed by atoms with Crippen LogP contribution in [0.4, 0.5) is 5.82 Å². The van der Waals surface area contributed by atoms with Crippen LogP contribution >= 0.6 is 0 Å². The molecule has 7 nitrogen and oxygen atoms in total. The molecule has 0 fully saturated rings. The van der Waals surface area contributed by atoms with Crippen molar-refractivity contribution in [2.75, 3.05) is 11.0 Å². The summed E-state index contributed by atoms with van der Waals surface area (Å²) in [5, 5.41) is 0. The molecule has 0 aliphatic carbocycles. The van der Waals surface area contributed by atoms with E-state index in [1.807, 2.05) is 0 Å². The fourth-order valence-corrected chi connectivity index (χ4v) is 3.94. The van der Waals surface area contributed by atoms with Crippen molar-refractivity contribution in [3.8, 4) is 11.3 Å². The molecule has 0 saturated carbocycles. The molecular formula is C18H15N3O4S2. The second-order valence-corrected chi connectivity index (χ2v) is 9.40. The second-order valence-electron chi connectivity index (χ2n) is 5.70. The molecule has 3 aromatic rings. The maximum Gasteiger partial charge on any atom is 0.263 e. The molecule has 9 heteroatoms. The maximum absolute atomic E-state index is 12.5. The lowest BCUT2D eigenvalue weighted by Crippen LogP contribution is -2.15. The molecule has 138 valence electrons. The number of hydrogen-bond acceptors (Lipinski definition) is 6. The van der Waals surface area contributed by atoms with Crippen molar-refractivity contribution in [3.63, 3.8) is 0 Å². The smallest absolute Gasteiger partial charge is 0.262 e. The third kappa shape index (κ3) is 4.32. The highest BCUT2D eigenvalue weighted by Gasteiger charge is 2.17. The quantitative estimate of drug-likeness (QED) is 0.704. The molecule has 0 aliphatic heterocycles. The molecule has 0 saturated heterocycles. The van der Waals surface area contributed by atoms with Crippen molar-refractivity contribution in [2.45, 2.75) is 9.79 Å². The van der Waals surface area contributed by atoms with Crippen LogP contribution in [0.5, 0.6) is 0 Å². The van der Waals surface area contributed by atoms with Gasteiger partial charge < -0.3 is 0 Å². The molecule has 1 heterocycles. The Labute approximate surface area is 158 Å². The molecule has 0 spiro atoms. The lowest BCUT2D eigenvalue weighted by Gasteiger charge is -2.11. The first-order chi connectivity index (χ1) is 12.7. The third-order valence-electron chi connectivity index (χ3n) is 3.66. The van der Waals surface area contributed by atoms with E-state index in [9.17, 15) is 16.8 Å². The summed E-state index contributed by atoms with van der Waals surface area (Å²) < 4.78 is 50.3. The number of sulfonamides is 1. The van der Waals surface area contributed by atoms with Crippen LogP contribution in [0.15, 0.2) is 70.6 Å². The first-order valence-corrected chi connectivity index (χ1v) is 11.1. The van der Waals surface area contributed by atoms with Crippen molar-refractivity contribution < 1.29 is 16.8 Å². The highest BCUT2D eigenvalue weighted by atomic mass is 32.2. The SMILES string of the molecule is [CH]c1ncc(-c2ccc(S(C)(=O)=O)cc2)nc1NS(=O)(=O)c1ccccc1. The molecule has 0 atom stereocenters. The number of aromatic nitrogens is 2. The van der Waals surface area contributed by atoms with Gasteiger partial charge in [0.2, 0.25) is 0 Å². The Morgan fingerprint density at radius 1 is 0.889 bits per heavy atom. The van der Waals surface area contributed by atoms with Gasteiger partial charge in [-0.15, -0.1) is 0 Å². The normalized spacial score (nSPS) is 11.9. The Hall–Kier alpha value is -2.78. The van der Waals surface area contributed by atoms with Crippen molar-refractivity contribution in [1.29, 1.82) is 0 Å². The van der Waals surface area contributed by atoms with Crippen molar-refractivity contribution in [1.82, 2.24) is 9.97 Å². The van der Waals surface area contributed by atoms with Gasteiger partial charge in [-0.05, 0) is 24.3 Å². The molecule has 27 heavy (non-hydrogen) atoms. The van der Waals surface area contributed by atoms with Crippen LogP contribution in [0.25, 0.3) is 11.3 Å². The van der Waals surface area contributed by atoms with E-state index < -0.39 is 19.9 Å². The van der Waals surface area contributed by atoms with Crippen molar-refractivity contribution in [3.05, 3.63) is 73.4 Å². The van der Waals surface area contributed by atoms with Crippen LogP contribution in [0.1, 0.15) is 5.69 Å². The van der Waals surface area contributed by atoms with Gasteiger partial charge in [0.25, 0.3) is 10.0 Å². The third-order valence-corrected chi connectivity index (χ3v) is 6.15. The average Bonchev–Trinajstić information content (AvgIpc) is 2.63. The zero-order chi connectivity index (χ0) is 19.7. The summed E-state index contributed by atoms with van der Waals surface area (Å²) in [5.41, 5.74) is 0.830. The first kappa shape index (κ1) is 19.0. The van der Waals surface area contributed by atoms with E-state index >= 15 is 0 Å². The van der Waals surface area contributed by atoms with E-state index in [0.717, 1.165) is 6.26 Å². The summed E-state index contributed by atoms with van der Waals surface area (Å²) >= 11 is 0. The molecule has 0 unspecified atom stereocenters. The number of nitrogens with one attached hydrogen (secondary N) is 1. The number of anilines is 1. The van der Waals surface area contributed by atoms with Gasteiger partial charge >= 0.3 is 0 Å². The fraction of sp³-hybridized carbons (Fsp3) is 0.0556. The van der Waals surface area contributed by atoms with E-state index in [-0.39, 0.29) is 21.3 Å². The van der Waals surface area contributed by atoms with Gasteiger partial charge in [-0.3, -0.25) is 9.71 Å². The predicted octanol–water partition coefficient (Wildman–Crippen LogP) is 2.41. The molecule has 2 aromatic carbocycles. The molecule has 3 rings (SSSR count). The van der Waals surface area contributed by atoms with Crippen LogP contribution in [0.3, 0.4) is 0 Å². The molecule has 0 aliphatic rings. The molecule has 0 bridgehead atoms. The monoisotopic (exact) mass is 401 g/mol. The van der Waals surface area contributed by atoms with Gasteiger partial charge in [0.1, 0.15) is 0 Å². The predicted molar refractivity (Wildman–Crippen MR) is 101 cm³/mol. The van der Waals surface area contributed by atoms with E-state index in [1.54, 1.807) is 30.3 Å². The Balaban J connectivity index is 1.95. The van der Waals surface area contributed by atoms with Crippen LogP contribution < -0.4 is 4.72 Å². The fourth-order valence-electron chi connectivity index (χ4n) is 2.27. The Kier molecular flexibility index (Phi) is 4.99. The average molecular weight is 401 g/mol. The minimum absolute atomic E-state index is 0.0640. The lowest BCUT2D eigenvalue weighted by atomic mass is 10.1. The van der Waals surface area contributed by atoms with Crippen molar-refractivity contribution in [2.24, 2.45) is 0 Å².